The molecule has 0 aromatic heterocycles. The van der Waals surface area contributed by atoms with Crippen LogP contribution in [0, 0.1) is 17.3 Å². The van der Waals surface area contributed by atoms with E-state index in [1.165, 1.54) is 17.5 Å². The smallest absolute Gasteiger partial charge is 0.188 e. The monoisotopic (exact) mass is 344 g/mol. The molecule has 2 saturated carbocycles. The third-order valence-corrected chi connectivity index (χ3v) is 7.05. The van der Waals surface area contributed by atoms with Crippen molar-refractivity contribution in [3.05, 3.63) is 23.3 Å². The van der Waals surface area contributed by atoms with E-state index in [1.807, 2.05) is 0 Å². The topological polar surface area (TPSA) is 44.8 Å². The van der Waals surface area contributed by atoms with Crippen LogP contribution >= 0.6 is 0 Å². The zero-order valence-corrected chi connectivity index (χ0v) is 15.5. The van der Waals surface area contributed by atoms with Crippen LogP contribution in [0.3, 0.4) is 0 Å². The second kappa shape index (κ2) is 6.31. The van der Waals surface area contributed by atoms with E-state index in [-0.39, 0.29) is 12.2 Å². The summed E-state index contributed by atoms with van der Waals surface area (Å²) in [6.45, 7) is 2.45. The van der Waals surface area contributed by atoms with Crippen molar-refractivity contribution in [3.63, 3.8) is 0 Å². The van der Waals surface area contributed by atoms with E-state index in [2.05, 4.69) is 19.1 Å². The highest BCUT2D eigenvalue weighted by molar-refractivity contribution is 5.87. The molecule has 4 atom stereocenters. The Balaban J connectivity index is 1.67. The molecule has 0 aliphatic heterocycles. The Hall–Kier alpha value is -1.55. The van der Waals surface area contributed by atoms with Gasteiger partial charge in [-0.3, -0.25) is 4.79 Å². The fourth-order valence-corrected chi connectivity index (χ4v) is 5.74. The first-order chi connectivity index (χ1) is 12.1. The van der Waals surface area contributed by atoms with Crippen LogP contribution < -0.4 is 9.47 Å². The van der Waals surface area contributed by atoms with Crippen LogP contribution in [-0.4, -0.2) is 26.8 Å². The summed E-state index contributed by atoms with van der Waals surface area (Å²) in [6, 6.07) is 4.31. The Kier molecular flexibility index (Phi) is 4.27. The molecule has 1 aromatic carbocycles. The Labute approximate surface area is 149 Å². The van der Waals surface area contributed by atoms with Crippen LogP contribution in [0.15, 0.2) is 12.1 Å². The van der Waals surface area contributed by atoms with Gasteiger partial charge < -0.3 is 14.2 Å². The summed E-state index contributed by atoms with van der Waals surface area (Å²) in [5, 5.41) is 0. The molecule has 3 unspecified atom stereocenters. The second-order valence-electron chi connectivity index (χ2n) is 8.09. The van der Waals surface area contributed by atoms with Crippen molar-refractivity contribution in [1.82, 2.24) is 0 Å². The van der Waals surface area contributed by atoms with Gasteiger partial charge in [-0.15, -0.1) is 0 Å². The van der Waals surface area contributed by atoms with Gasteiger partial charge in [-0.05, 0) is 73.1 Å². The molecule has 3 aliphatic rings. The molecule has 4 rings (SSSR count). The number of ketones is 1. The van der Waals surface area contributed by atoms with E-state index in [1.54, 1.807) is 14.2 Å². The van der Waals surface area contributed by atoms with E-state index in [0.717, 1.165) is 43.6 Å². The van der Waals surface area contributed by atoms with Crippen molar-refractivity contribution in [2.45, 2.75) is 51.4 Å². The predicted octanol–water partition coefficient (Wildman–Crippen LogP) is 4.10. The van der Waals surface area contributed by atoms with E-state index in [9.17, 15) is 4.79 Å². The molecule has 4 nitrogen and oxygen atoms in total. The molecule has 0 bridgehead atoms. The standard InChI is InChI=1S/C21H28O4/c1-21-9-8-14-15(17(21)6-7-20(21)22)5-4-13-10-19(25-12-23-2)18(24-3)11-16(13)14/h10-11,14-15,17H,4-9,12H2,1-3H3/t14?,15?,17?,21-/m0/s1. The third kappa shape index (κ3) is 2.57. The van der Waals surface area contributed by atoms with E-state index < -0.39 is 0 Å². The first-order valence-electron chi connectivity index (χ1n) is 9.44. The number of fused-ring (bicyclic) bond motifs is 5. The lowest BCUT2D eigenvalue weighted by atomic mass is 9.55. The van der Waals surface area contributed by atoms with E-state index >= 15 is 0 Å². The highest BCUT2D eigenvalue weighted by Gasteiger charge is 2.54. The number of methoxy groups -OCH3 is 2. The van der Waals surface area contributed by atoms with Gasteiger partial charge in [0, 0.05) is 18.9 Å². The molecule has 2 fully saturated rings. The third-order valence-electron chi connectivity index (χ3n) is 7.05. The Morgan fingerprint density at radius 3 is 2.72 bits per heavy atom. The van der Waals surface area contributed by atoms with Crippen molar-refractivity contribution in [2.75, 3.05) is 21.0 Å². The van der Waals surface area contributed by atoms with Gasteiger partial charge in [0.25, 0.3) is 0 Å². The largest absolute Gasteiger partial charge is 0.493 e. The average Bonchev–Trinajstić information content (AvgIpc) is 2.94. The summed E-state index contributed by atoms with van der Waals surface area (Å²) in [4.78, 5) is 12.4. The quantitative estimate of drug-likeness (QED) is 0.771. The maximum absolute atomic E-state index is 12.4. The molecule has 0 saturated heterocycles. The molecule has 136 valence electrons. The minimum absolute atomic E-state index is 0.0652. The van der Waals surface area contributed by atoms with Gasteiger partial charge in [0.2, 0.25) is 0 Å². The number of rotatable bonds is 4. The highest BCUT2D eigenvalue weighted by atomic mass is 16.7. The summed E-state index contributed by atoms with van der Waals surface area (Å²) in [5.41, 5.74) is 2.73. The van der Waals surface area contributed by atoms with Crippen LogP contribution in [0.4, 0.5) is 0 Å². The Bertz CT molecular complexity index is 683. The molecule has 0 radical (unpaired) electrons. The van der Waals surface area contributed by atoms with Crippen LogP contribution in [-0.2, 0) is 16.0 Å². The van der Waals surface area contributed by atoms with E-state index in [0.29, 0.717) is 23.5 Å². The van der Waals surface area contributed by atoms with Crippen LogP contribution in [0.1, 0.15) is 56.1 Å². The summed E-state index contributed by atoms with van der Waals surface area (Å²) in [5.74, 6) is 3.79. The molecular formula is C21H28O4. The number of hydrogen-bond donors (Lipinski definition) is 0. The minimum Gasteiger partial charge on any atom is -0.493 e. The molecule has 0 amide bonds. The number of carbonyl (C=O) groups excluding carboxylic acids is 1. The number of benzene rings is 1. The van der Waals surface area contributed by atoms with Crippen LogP contribution in [0.5, 0.6) is 11.5 Å². The fourth-order valence-electron chi connectivity index (χ4n) is 5.74. The normalized spacial score (nSPS) is 33.4. The molecule has 4 heteroatoms. The summed E-state index contributed by atoms with van der Waals surface area (Å²) in [7, 11) is 3.31. The van der Waals surface area contributed by atoms with E-state index in [4.69, 9.17) is 14.2 Å². The van der Waals surface area contributed by atoms with Gasteiger partial charge >= 0.3 is 0 Å². The van der Waals surface area contributed by atoms with Gasteiger partial charge in [-0.1, -0.05) is 6.92 Å². The molecule has 0 heterocycles. The lowest BCUT2D eigenvalue weighted by Gasteiger charge is -2.48. The number of ether oxygens (including phenoxy) is 3. The number of Topliss-reactive ketones (excluding diaryl/α,β-unsaturated/α-hetero) is 1. The number of hydrogen-bond acceptors (Lipinski definition) is 4. The van der Waals surface area contributed by atoms with Crippen molar-refractivity contribution in [1.29, 1.82) is 0 Å². The lowest BCUT2D eigenvalue weighted by molar-refractivity contribution is -0.129. The van der Waals surface area contributed by atoms with Gasteiger partial charge in [0.05, 0.1) is 7.11 Å². The predicted molar refractivity (Wildman–Crippen MR) is 95.1 cm³/mol. The van der Waals surface area contributed by atoms with Crippen molar-refractivity contribution >= 4 is 5.78 Å². The Morgan fingerprint density at radius 2 is 1.96 bits per heavy atom. The fraction of sp³-hybridized carbons (Fsp3) is 0.667. The highest BCUT2D eigenvalue weighted by Crippen LogP contribution is 2.60. The second-order valence-corrected chi connectivity index (χ2v) is 8.09. The SMILES string of the molecule is COCOc1cc2c(cc1OC)C1CC[C@]3(C)C(=O)CCC3C1CC2. The molecule has 25 heavy (non-hydrogen) atoms. The molecule has 0 spiro atoms. The number of aryl methyl sites for hydroxylation is 1. The molecular weight excluding hydrogens is 316 g/mol. The first kappa shape index (κ1) is 16.9. The molecule has 3 aliphatic carbocycles. The summed E-state index contributed by atoms with van der Waals surface area (Å²) < 4.78 is 16.3. The summed E-state index contributed by atoms with van der Waals surface area (Å²) in [6.07, 6.45) is 6.24. The van der Waals surface area contributed by atoms with Crippen molar-refractivity contribution in [3.8, 4) is 11.5 Å². The molecule has 0 N–H and O–H groups in total. The first-order valence-corrected chi connectivity index (χ1v) is 9.44. The minimum atomic E-state index is -0.0652. The van der Waals surface area contributed by atoms with Gasteiger partial charge in [-0.25, -0.2) is 0 Å². The zero-order valence-electron chi connectivity index (χ0n) is 15.5. The van der Waals surface area contributed by atoms with Crippen LogP contribution in [0.25, 0.3) is 0 Å². The zero-order chi connectivity index (χ0) is 17.6. The van der Waals surface area contributed by atoms with Crippen LogP contribution in [0.2, 0.25) is 0 Å². The Morgan fingerprint density at radius 1 is 1.12 bits per heavy atom. The van der Waals surface area contributed by atoms with Gasteiger partial charge in [0.1, 0.15) is 5.78 Å². The molecule has 1 aromatic rings. The van der Waals surface area contributed by atoms with Crippen molar-refractivity contribution in [2.24, 2.45) is 17.3 Å². The lowest BCUT2D eigenvalue weighted by Crippen LogP contribution is -2.42. The average molecular weight is 344 g/mol. The summed E-state index contributed by atoms with van der Waals surface area (Å²) >= 11 is 0. The van der Waals surface area contributed by atoms with Crippen molar-refractivity contribution < 1.29 is 19.0 Å². The maximum atomic E-state index is 12.4. The van der Waals surface area contributed by atoms with Gasteiger partial charge in [-0.2, -0.15) is 0 Å². The van der Waals surface area contributed by atoms with Gasteiger partial charge in [0.15, 0.2) is 18.3 Å². The maximum Gasteiger partial charge on any atom is 0.188 e. The number of carbonyl (C=O) groups is 1.